The summed E-state index contributed by atoms with van der Waals surface area (Å²) >= 11 is 0. The second-order valence-electron chi connectivity index (χ2n) is 14.2. The maximum absolute atomic E-state index is 13.6. The molecule has 8 nitrogen and oxygen atoms in total. The predicted molar refractivity (Wildman–Crippen MR) is 171 cm³/mol. The minimum absolute atomic E-state index is 0.0416. The van der Waals surface area contributed by atoms with Crippen molar-refractivity contribution in [3.8, 4) is 0 Å². The van der Waals surface area contributed by atoms with Crippen LogP contribution < -0.4 is 10.6 Å². The minimum Gasteiger partial charge on any atom is -0.385 e. The molecule has 238 valence electrons. The Labute approximate surface area is 255 Å². The highest BCUT2D eigenvalue weighted by Crippen LogP contribution is 2.37. The van der Waals surface area contributed by atoms with E-state index in [1.807, 2.05) is 0 Å². The molecule has 42 heavy (non-hydrogen) atoms. The summed E-state index contributed by atoms with van der Waals surface area (Å²) in [5.41, 5.74) is 0.331. The summed E-state index contributed by atoms with van der Waals surface area (Å²) in [6, 6.07) is 0.433. The smallest absolute Gasteiger partial charge is 0.227 e. The van der Waals surface area contributed by atoms with E-state index in [0.29, 0.717) is 61.2 Å². The number of carbonyl (C=O) groups is 2. The summed E-state index contributed by atoms with van der Waals surface area (Å²) in [7, 11) is 1.69. The van der Waals surface area contributed by atoms with Gasteiger partial charge in [-0.15, -0.1) is 0 Å². The molecule has 2 N–H and O–H groups in total. The van der Waals surface area contributed by atoms with Gasteiger partial charge in [0.25, 0.3) is 0 Å². The molecule has 3 heterocycles. The van der Waals surface area contributed by atoms with Gasteiger partial charge in [-0.1, -0.05) is 60.8 Å². The number of piperidine rings is 2. The second-order valence-corrected chi connectivity index (χ2v) is 14.2. The lowest BCUT2D eigenvalue weighted by molar-refractivity contribution is -0.143. The van der Waals surface area contributed by atoms with E-state index in [2.05, 4.69) is 62.1 Å². The molecule has 4 atom stereocenters. The van der Waals surface area contributed by atoms with Gasteiger partial charge >= 0.3 is 0 Å². The van der Waals surface area contributed by atoms with Gasteiger partial charge in [-0.05, 0) is 62.8 Å². The zero-order chi connectivity index (χ0) is 30.7. The van der Waals surface area contributed by atoms with Crippen molar-refractivity contribution < 1.29 is 14.3 Å². The van der Waals surface area contributed by atoms with Crippen LogP contribution in [-0.4, -0.2) is 72.5 Å². The maximum Gasteiger partial charge on any atom is 0.227 e. The number of Topliss-reactive ketones (excluding diaryl/α,β-unsaturated/α-hetero) is 1. The zero-order valence-electron chi connectivity index (χ0n) is 27.6. The van der Waals surface area contributed by atoms with Crippen molar-refractivity contribution in [1.82, 2.24) is 20.2 Å². The monoisotopic (exact) mass is 585 g/mol. The molecule has 0 radical (unpaired) electrons. The number of amides is 1. The van der Waals surface area contributed by atoms with Crippen molar-refractivity contribution in [3.63, 3.8) is 0 Å². The van der Waals surface area contributed by atoms with Crippen LogP contribution in [-0.2, 0) is 14.9 Å². The van der Waals surface area contributed by atoms with Crippen molar-refractivity contribution in [2.75, 3.05) is 45.2 Å². The van der Waals surface area contributed by atoms with E-state index in [9.17, 15) is 9.59 Å². The summed E-state index contributed by atoms with van der Waals surface area (Å²) in [6.45, 7) is 16.6. The van der Waals surface area contributed by atoms with Crippen molar-refractivity contribution in [2.45, 2.75) is 117 Å². The van der Waals surface area contributed by atoms with Gasteiger partial charge < -0.3 is 20.3 Å². The normalized spacial score (nSPS) is 24.4. The lowest BCUT2D eigenvalue weighted by Crippen LogP contribution is -2.54. The molecule has 2 aliphatic heterocycles. The molecule has 0 spiro atoms. The molecule has 4 unspecified atom stereocenters. The molecular weight excluding hydrogens is 526 g/mol. The lowest BCUT2D eigenvalue weighted by Gasteiger charge is -2.46. The van der Waals surface area contributed by atoms with Crippen molar-refractivity contribution >= 4 is 17.5 Å². The number of hydrogen-bond acceptors (Lipinski definition) is 7. The maximum atomic E-state index is 13.6. The Hall–Kier alpha value is -2.06. The van der Waals surface area contributed by atoms with Crippen LogP contribution in [0.15, 0.2) is 6.20 Å². The number of fused-ring (bicyclic) bond motifs is 1. The molecule has 0 aromatic carbocycles. The first kappa shape index (κ1) is 34.4. The van der Waals surface area contributed by atoms with Gasteiger partial charge in [-0.25, -0.2) is 9.97 Å². The van der Waals surface area contributed by atoms with Crippen LogP contribution in [0.1, 0.15) is 122 Å². The molecular formula is C34H59N5O3. The van der Waals surface area contributed by atoms with E-state index in [0.717, 1.165) is 44.7 Å². The number of aromatic nitrogens is 2. The summed E-state index contributed by atoms with van der Waals surface area (Å²) in [5, 5.41) is 6.81. The van der Waals surface area contributed by atoms with Crippen molar-refractivity contribution in [2.24, 2.45) is 23.7 Å². The van der Waals surface area contributed by atoms with Crippen LogP contribution in [0.5, 0.6) is 0 Å². The van der Waals surface area contributed by atoms with E-state index in [1.54, 1.807) is 13.3 Å². The molecule has 1 amide bonds. The number of nitrogens with one attached hydrogen (secondary N) is 2. The van der Waals surface area contributed by atoms with Gasteiger partial charge in [0, 0.05) is 57.4 Å². The highest BCUT2D eigenvalue weighted by Gasteiger charge is 2.39. The Balaban J connectivity index is 0.000000892. The average Bonchev–Trinajstić information content (AvgIpc) is 2.98. The number of hydrogen-bond donors (Lipinski definition) is 2. The molecule has 4 rings (SSSR count). The van der Waals surface area contributed by atoms with Gasteiger partial charge in [0.15, 0.2) is 5.78 Å². The third-order valence-corrected chi connectivity index (χ3v) is 9.19. The first-order valence-corrected chi connectivity index (χ1v) is 16.7. The molecule has 1 aromatic rings. The fourth-order valence-corrected chi connectivity index (χ4v) is 6.38. The minimum atomic E-state index is -0.211. The van der Waals surface area contributed by atoms with Crippen LogP contribution in [0.2, 0.25) is 0 Å². The Morgan fingerprint density at radius 1 is 1.14 bits per heavy atom. The second kappa shape index (κ2) is 16.7. The van der Waals surface area contributed by atoms with Crippen molar-refractivity contribution in [1.29, 1.82) is 0 Å². The molecule has 3 fully saturated rings. The van der Waals surface area contributed by atoms with Crippen LogP contribution in [0, 0.1) is 23.7 Å². The van der Waals surface area contributed by atoms with Gasteiger partial charge in [-0.2, -0.15) is 0 Å². The highest BCUT2D eigenvalue weighted by molar-refractivity contribution is 6.00. The van der Waals surface area contributed by atoms with E-state index in [1.165, 1.54) is 32.1 Å². The fraction of sp³-hybridized carbons (Fsp3) is 0.824. The topological polar surface area (TPSA) is 96.5 Å². The summed E-state index contributed by atoms with van der Waals surface area (Å²) in [4.78, 5) is 38.6. The fourth-order valence-electron chi connectivity index (χ4n) is 6.38. The number of methoxy groups -OCH3 is 1. The molecule has 0 bridgehead atoms. The number of anilines is 1. The third-order valence-electron chi connectivity index (χ3n) is 9.19. The SMILES string of the molecule is CCC(C)C.COCCCNc1nc(C(C)(C)C)ncc1C(=O)CC1CNCC(C(=O)N2CCCC3CCCCC32)C1. The largest absolute Gasteiger partial charge is 0.385 e. The average molecular weight is 586 g/mol. The Morgan fingerprint density at radius 2 is 1.86 bits per heavy atom. The third kappa shape index (κ3) is 10.0. The first-order valence-electron chi connectivity index (χ1n) is 16.7. The summed E-state index contributed by atoms with van der Waals surface area (Å²) in [5.74, 6) is 3.32. The van der Waals surface area contributed by atoms with Crippen LogP contribution in [0.25, 0.3) is 0 Å². The Kier molecular flexibility index (Phi) is 13.7. The first-order chi connectivity index (χ1) is 20.0. The zero-order valence-corrected chi connectivity index (χ0v) is 27.6. The number of likely N-dealkylation sites (tertiary alicyclic amines) is 1. The van der Waals surface area contributed by atoms with Crippen LogP contribution in [0.3, 0.4) is 0 Å². The van der Waals surface area contributed by atoms with Crippen molar-refractivity contribution in [3.05, 3.63) is 17.6 Å². The number of nitrogens with zero attached hydrogens (tertiary/aromatic N) is 3. The Morgan fingerprint density at radius 3 is 2.55 bits per heavy atom. The molecule has 1 aromatic heterocycles. The van der Waals surface area contributed by atoms with Gasteiger partial charge in [0.2, 0.25) is 5.91 Å². The number of ketones is 1. The standard InChI is InChI=1S/C29H47N5O3.C5H12/c1-29(2,3)28-32-19-23(26(33-28)31-12-8-14-37-4)25(35)16-20-15-22(18-30-17-20)27(36)34-13-7-10-21-9-5-6-11-24(21)34;1-4-5(2)3/h19-22,24,30H,5-18H2,1-4H3,(H,31,32,33);5H,4H2,1-3H3. The van der Waals surface area contributed by atoms with E-state index >= 15 is 0 Å². The summed E-state index contributed by atoms with van der Waals surface area (Å²) < 4.78 is 5.16. The predicted octanol–water partition coefficient (Wildman–Crippen LogP) is 6.25. The number of ether oxygens (including phenoxy) is 1. The van der Waals surface area contributed by atoms with E-state index < -0.39 is 0 Å². The van der Waals surface area contributed by atoms with Crippen LogP contribution in [0.4, 0.5) is 5.82 Å². The quantitative estimate of drug-likeness (QED) is 0.247. The number of carbonyl (C=O) groups excluding carboxylic acids is 2. The molecule has 8 heteroatoms. The highest BCUT2D eigenvalue weighted by atomic mass is 16.5. The van der Waals surface area contributed by atoms with Crippen LogP contribution >= 0.6 is 0 Å². The summed E-state index contributed by atoms with van der Waals surface area (Å²) in [6.07, 6.45) is 12.3. The lowest BCUT2D eigenvalue weighted by atomic mass is 9.77. The Bertz CT molecular complexity index is 990. The van der Waals surface area contributed by atoms with Gasteiger partial charge in [0.1, 0.15) is 11.6 Å². The van der Waals surface area contributed by atoms with Gasteiger partial charge in [-0.3, -0.25) is 9.59 Å². The van der Waals surface area contributed by atoms with E-state index in [4.69, 9.17) is 9.72 Å². The molecule has 2 saturated heterocycles. The van der Waals surface area contributed by atoms with Gasteiger partial charge in [0.05, 0.1) is 11.5 Å². The number of rotatable bonds is 10. The van der Waals surface area contributed by atoms with E-state index in [-0.39, 0.29) is 23.0 Å². The molecule has 1 saturated carbocycles. The molecule has 1 aliphatic carbocycles. The molecule has 3 aliphatic rings.